The molecule has 2 rings (SSSR count). The maximum absolute atomic E-state index is 11.6. The number of H-pyrrole nitrogens is 1. The predicted octanol–water partition coefficient (Wildman–Crippen LogP) is 3.89. The van der Waals surface area contributed by atoms with E-state index in [9.17, 15) is 9.90 Å². The number of ether oxygens (including phenoxy) is 2. The first-order valence-electron chi connectivity index (χ1n) is 7.55. The SMILES string of the molecule is CCOc1cc(/C=C(\Sc2n[nH]c(C)n2)C(=O)O)cc(Br)c1OCC. The monoisotopic (exact) mass is 427 g/mol. The number of carbonyl (C=O) groups is 1. The summed E-state index contributed by atoms with van der Waals surface area (Å²) < 4.78 is 11.9. The van der Waals surface area contributed by atoms with Gasteiger partial charge in [-0.3, -0.25) is 5.10 Å². The molecule has 0 unspecified atom stereocenters. The van der Waals surface area contributed by atoms with Crippen molar-refractivity contribution >= 4 is 39.7 Å². The molecule has 2 aromatic rings. The zero-order chi connectivity index (χ0) is 18.4. The fourth-order valence-electron chi connectivity index (χ4n) is 1.97. The number of rotatable bonds is 8. The van der Waals surface area contributed by atoms with Crippen molar-refractivity contribution in [2.75, 3.05) is 13.2 Å². The van der Waals surface area contributed by atoms with Crippen LogP contribution in [0.25, 0.3) is 6.08 Å². The standard InChI is InChI=1S/C16H18BrN3O4S/c1-4-23-12-7-10(6-11(17)14(12)24-5-2)8-13(15(21)22)25-16-18-9(3)19-20-16/h6-8H,4-5H2,1-3H3,(H,21,22)(H,18,19,20)/b13-8-. The fraction of sp³-hybridized carbons (Fsp3) is 0.312. The Morgan fingerprint density at radius 1 is 1.36 bits per heavy atom. The summed E-state index contributed by atoms with van der Waals surface area (Å²) in [5.74, 6) is 0.703. The molecule has 7 nitrogen and oxygen atoms in total. The number of nitrogens with one attached hydrogen (secondary N) is 1. The summed E-state index contributed by atoms with van der Waals surface area (Å²) in [6.45, 7) is 6.47. The van der Waals surface area contributed by atoms with Gasteiger partial charge in [-0.15, -0.1) is 5.10 Å². The van der Waals surface area contributed by atoms with Crippen molar-refractivity contribution in [1.82, 2.24) is 15.2 Å². The van der Waals surface area contributed by atoms with Gasteiger partial charge in [0.15, 0.2) is 11.5 Å². The smallest absolute Gasteiger partial charge is 0.342 e. The second-order valence-corrected chi connectivity index (χ2v) is 6.68. The van der Waals surface area contributed by atoms with E-state index in [0.717, 1.165) is 11.8 Å². The van der Waals surface area contributed by atoms with Crippen LogP contribution in [0.3, 0.4) is 0 Å². The molecule has 0 amide bonds. The molecule has 1 heterocycles. The molecule has 0 saturated carbocycles. The van der Waals surface area contributed by atoms with Gasteiger partial charge in [0.2, 0.25) is 5.16 Å². The lowest BCUT2D eigenvalue weighted by Crippen LogP contribution is -2.00. The summed E-state index contributed by atoms with van der Waals surface area (Å²) in [5, 5.41) is 16.4. The number of aromatic nitrogens is 3. The average molecular weight is 428 g/mol. The number of aryl methyl sites for hydroxylation is 1. The molecule has 0 saturated heterocycles. The molecule has 25 heavy (non-hydrogen) atoms. The third kappa shape index (κ3) is 5.23. The Labute approximate surface area is 158 Å². The lowest BCUT2D eigenvalue weighted by Gasteiger charge is -2.13. The van der Waals surface area contributed by atoms with E-state index < -0.39 is 5.97 Å². The van der Waals surface area contributed by atoms with Crippen molar-refractivity contribution in [2.45, 2.75) is 25.9 Å². The van der Waals surface area contributed by atoms with Gasteiger partial charge in [-0.2, -0.15) is 0 Å². The van der Waals surface area contributed by atoms with Gasteiger partial charge in [0, 0.05) is 0 Å². The van der Waals surface area contributed by atoms with Crippen molar-refractivity contribution in [3.63, 3.8) is 0 Å². The number of carboxylic acids is 1. The minimum Gasteiger partial charge on any atom is -0.490 e. The molecular formula is C16H18BrN3O4S. The van der Waals surface area contributed by atoms with Crippen LogP contribution in [-0.4, -0.2) is 39.5 Å². The first kappa shape index (κ1) is 19.3. The Bertz CT molecular complexity index is 792. The second-order valence-electron chi connectivity index (χ2n) is 4.82. The highest BCUT2D eigenvalue weighted by Crippen LogP contribution is 2.38. The van der Waals surface area contributed by atoms with Crippen molar-refractivity contribution in [3.8, 4) is 11.5 Å². The minimum absolute atomic E-state index is 0.0949. The van der Waals surface area contributed by atoms with Crippen molar-refractivity contribution < 1.29 is 19.4 Å². The number of thioether (sulfide) groups is 1. The van der Waals surface area contributed by atoms with Gasteiger partial charge in [0.1, 0.15) is 10.7 Å². The number of benzene rings is 1. The van der Waals surface area contributed by atoms with E-state index in [0.29, 0.717) is 45.7 Å². The largest absolute Gasteiger partial charge is 0.490 e. The number of halogens is 1. The highest BCUT2D eigenvalue weighted by atomic mass is 79.9. The van der Waals surface area contributed by atoms with Gasteiger partial charge >= 0.3 is 5.97 Å². The Morgan fingerprint density at radius 3 is 2.64 bits per heavy atom. The number of carboxylic acid groups (broad SMARTS) is 1. The summed E-state index contributed by atoms with van der Waals surface area (Å²) in [5.41, 5.74) is 0.663. The molecule has 2 N–H and O–H groups in total. The first-order chi connectivity index (χ1) is 11.9. The summed E-state index contributed by atoms with van der Waals surface area (Å²) in [7, 11) is 0. The predicted molar refractivity (Wildman–Crippen MR) is 99.1 cm³/mol. The number of nitrogens with zero attached hydrogens (tertiary/aromatic N) is 2. The van der Waals surface area contributed by atoms with Gasteiger partial charge in [0.25, 0.3) is 0 Å². The topological polar surface area (TPSA) is 97.3 Å². The fourth-order valence-corrected chi connectivity index (χ4v) is 3.30. The molecule has 0 aliphatic carbocycles. The molecular weight excluding hydrogens is 410 g/mol. The first-order valence-corrected chi connectivity index (χ1v) is 9.16. The van der Waals surface area contributed by atoms with E-state index in [-0.39, 0.29) is 4.91 Å². The number of aromatic amines is 1. The van der Waals surface area contributed by atoms with Crippen molar-refractivity contribution in [2.24, 2.45) is 0 Å². The van der Waals surface area contributed by atoms with Gasteiger partial charge in [-0.1, -0.05) is 0 Å². The van der Waals surface area contributed by atoms with Gasteiger partial charge in [0.05, 0.1) is 17.7 Å². The zero-order valence-corrected chi connectivity index (χ0v) is 16.4. The number of aliphatic carboxylic acids is 1. The molecule has 0 atom stereocenters. The summed E-state index contributed by atoms with van der Waals surface area (Å²) in [4.78, 5) is 15.8. The molecule has 0 bridgehead atoms. The van der Waals surface area contributed by atoms with E-state index in [1.807, 2.05) is 13.8 Å². The van der Waals surface area contributed by atoms with Crippen LogP contribution < -0.4 is 9.47 Å². The lowest BCUT2D eigenvalue weighted by molar-refractivity contribution is -0.131. The minimum atomic E-state index is -1.06. The van der Waals surface area contributed by atoms with Crippen LogP contribution in [0.15, 0.2) is 26.7 Å². The summed E-state index contributed by atoms with van der Waals surface area (Å²) in [6, 6.07) is 3.52. The molecule has 1 aromatic carbocycles. The zero-order valence-electron chi connectivity index (χ0n) is 14.0. The highest BCUT2D eigenvalue weighted by Gasteiger charge is 2.16. The van der Waals surface area contributed by atoms with E-state index in [2.05, 4.69) is 31.1 Å². The van der Waals surface area contributed by atoms with Crippen LogP contribution in [0.4, 0.5) is 0 Å². The van der Waals surface area contributed by atoms with E-state index in [1.165, 1.54) is 0 Å². The normalized spacial score (nSPS) is 11.4. The molecule has 0 spiro atoms. The van der Waals surface area contributed by atoms with Gasteiger partial charge < -0.3 is 14.6 Å². The van der Waals surface area contributed by atoms with Crippen LogP contribution >= 0.6 is 27.7 Å². The van der Waals surface area contributed by atoms with Crippen LogP contribution in [0.1, 0.15) is 25.2 Å². The molecule has 0 radical (unpaired) electrons. The molecule has 134 valence electrons. The second kappa shape index (κ2) is 8.91. The molecule has 0 aliphatic heterocycles. The summed E-state index contributed by atoms with van der Waals surface area (Å²) >= 11 is 4.42. The Balaban J connectivity index is 2.39. The van der Waals surface area contributed by atoms with Crippen molar-refractivity contribution in [3.05, 3.63) is 32.9 Å². The van der Waals surface area contributed by atoms with Crippen LogP contribution in [0.5, 0.6) is 11.5 Å². The number of hydrogen-bond acceptors (Lipinski definition) is 6. The Morgan fingerprint density at radius 2 is 2.08 bits per heavy atom. The molecule has 0 aliphatic rings. The molecule has 9 heteroatoms. The third-order valence-electron chi connectivity index (χ3n) is 2.91. The van der Waals surface area contributed by atoms with Crippen LogP contribution in [0.2, 0.25) is 0 Å². The lowest BCUT2D eigenvalue weighted by atomic mass is 10.2. The highest BCUT2D eigenvalue weighted by molar-refractivity contribution is 9.10. The molecule has 0 fully saturated rings. The third-order valence-corrected chi connectivity index (χ3v) is 4.37. The van der Waals surface area contributed by atoms with E-state index in [4.69, 9.17) is 9.47 Å². The van der Waals surface area contributed by atoms with Crippen molar-refractivity contribution in [1.29, 1.82) is 0 Å². The van der Waals surface area contributed by atoms with Crippen LogP contribution in [0, 0.1) is 6.92 Å². The van der Waals surface area contributed by atoms with E-state index in [1.54, 1.807) is 25.1 Å². The average Bonchev–Trinajstić information content (AvgIpc) is 2.95. The number of hydrogen-bond donors (Lipinski definition) is 2. The Hall–Kier alpha value is -2.00. The van der Waals surface area contributed by atoms with Gasteiger partial charge in [-0.25, -0.2) is 9.78 Å². The summed E-state index contributed by atoms with van der Waals surface area (Å²) in [6.07, 6.45) is 1.54. The van der Waals surface area contributed by atoms with E-state index >= 15 is 0 Å². The molecule has 1 aromatic heterocycles. The Kier molecular flexibility index (Phi) is 6.89. The maximum Gasteiger partial charge on any atom is 0.342 e. The maximum atomic E-state index is 11.6. The quantitative estimate of drug-likeness (QED) is 0.486. The van der Waals surface area contributed by atoms with Crippen LogP contribution in [-0.2, 0) is 4.79 Å². The van der Waals surface area contributed by atoms with Gasteiger partial charge in [-0.05, 0) is 72.2 Å².